The topological polar surface area (TPSA) is 6.48 Å². The van der Waals surface area contributed by atoms with E-state index in [1.54, 1.807) is 0 Å². The van der Waals surface area contributed by atoms with Crippen molar-refractivity contribution in [2.75, 3.05) is 41.3 Å². The maximum atomic E-state index is 3.60. The molecule has 0 saturated heterocycles. The van der Waals surface area contributed by atoms with Crippen molar-refractivity contribution in [2.45, 2.75) is 19.8 Å². The van der Waals surface area contributed by atoms with Crippen molar-refractivity contribution >= 4 is 0 Å². The Morgan fingerprint density at radius 2 is 1.15 bits per heavy atom. The summed E-state index contributed by atoms with van der Waals surface area (Å²) in [6.07, 6.45) is 2.28. The third-order valence-corrected chi connectivity index (χ3v) is 1.35. The summed E-state index contributed by atoms with van der Waals surface area (Å²) in [7, 11) is 8.35. The summed E-state index contributed by atoms with van der Waals surface area (Å²) in [6, 6.07) is 0. The first-order chi connectivity index (χ1) is 5.54. The van der Waals surface area contributed by atoms with Crippen LogP contribution in [0.25, 0.3) is 0 Å². The average Bonchev–Trinajstić information content (AvgIpc) is 2.01. The minimum absolute atomic E-state index is 0. The molecule has 2 nitrogen and oxygen atoms in total. The molecule has 0 rings (SSSR count). The van der Waals surface area contributed by atoms with Crippen molar-refractivity contribution in [3.63, 3.8) is 0 Å². The molecule has 0 N–H and O–H groups in total. The summed E-state index contributed by atoms with van der Waals surface area (Å²) in [4.78, 5) is 4.36. The molecule has 0 unspecified atom stereocenters. The number of hydrogen-bond acceptors (Lipinski definition) is 2. The fraction of sp³-hybridized carbons (Fsp3) is 0.900. The fourth-order valence-corrected chi connectivity index (χ4v) is 0.400. The monoisotopic (exact) mass is 180 g/mol. The van der Waals surface area contributed by atoms with Gasteiger partial charge in [-0.3, -0.25) is 0 Å². The molecule has 0 aliphatic heterocycles. The first-order valence-corrected chi connectivity index (χ1v) is 4.63. The maximum absolute atomic E-state index is 3.60. The van der Waals surface area contributed by atoms with E-state index in [9.17, 15) is 0 Å². The normalized spacial score (nSPS) is 9.23. The van der Waals surface area contributed by atoms with E-state index in [4.69, 9.17) is 0 Å². The van der Waals surface area contributed by atoms with Crippen molar-refractivity contribution in [2.24, 2.45) is 0 Å². The summed E-state index contributed by atoms with van der Waals surface area (Å²) in [6.45, 7) is 8.01. The van der Waals surface area contributed by atoms with Gasteiger partial charge in [0.15, 0.2) is 0 Å². The SMILES string of the molecule is CN(C)CCN(C)C.[CH2-]CCC.[Li+]. The van der Waals surface area contributed by atoms with Crippen LogP contribution in [0.3, 0.4) is 0 Å². The Balaban J connectivity index is -0.000000173. The van der Waals surface area contributed by atoms with E-state index >= 15 is 0 Å². The standard InChI is InChI=1S/C6H16N2.C4H9.Li/c1-7(2)5-6-8(3)4;1-3-4-2;/h5-6H2,1-4H3;1,3-4H2,2H3;/q;-1;+1. The van der Waals surface area contributed by atoms with Gasteiger partial charge in [0.2, 0.25) is 0 Å². The van der Waals surface area contributed by atoms with Crippen LogP contribution < -0.4 is 18.9 Å². The molecule has 3 heteroatoms. The molecule has 0 fully saturated rings. The quantitative estimate of drug-likeness (QED) is 0.393. The van der Waals surface area contributed by atoms with E-state index in [1.165, 1.54) is 6.42 Å². The van der Waals surface area contributed by atoms with E-state index in [0.29, 0.717) is 0 Å². The van der Waals surface area contributed by atoms with Crippen LogP contribution in [0, 0.1) is 6.92 Å². The van der Waals surface area contributed by atoms with E-state index in [-0.39, 0.29) is 18.9 Å². The predicted octanol–water partition coefficient (Wildman–Crippen LogP) is -1.27. The molecule has 0 heterocycles. The number of nitrogens with zero attached hydrogens (tertiary/aromatic N) is 2. The van der Waals surface area contributed by atoms with Crippen LogP contribution in [0.15, 0.2) is 0 Å². The first kappa shape index (κ1) is 19.1. The second kappa shape index (κ2) is 15.0. The van der Waals surface area contributed by atoms with Gasteiger partial charge in [-0.2, -0.15) is 6.42 Å². The summed E-state index contributed by atoms with van der Waals surface area (Å²) in [5, 5.41) is 0. The van der Waals surface area contributed by atoms with E-state index < -0.39 is 0 Å². The molecule has 0 aliphatic carbocycles. The van der Waals surface area contributed by atoms with Crippen LogP contribution in [-0.2, 0) is 0 Å². The zero-order valence-electron chi connectivity index (χ0n) is 10.4. The third-order valence-electron chi connectivity index (χ3n) is 1.35. The fourth-order valence-electron chi connectivity index (χ4n) is 0.400. The average molecular weight is 180 g/mol. The summed E-state index contributed by atoms with van der Waals surface area (Å²) in [5.41, 5.74) is 0. The predicted molar refractivity (Wildman–Crippen MR) is 57.4 cm³/mol. The minimum atomic E-state index is 0. The largest absolute Gasteiger partial charge is 1.00 e. The van der Waals surface area contributed by atoms with Gasteiger partial charge in [-0.1, -0.05) is 13.3 Å². The summed E-state index contributed by atoms with van der Waals surface area (Å²) in [5.74, 6) is 0. The summed E-state index contributed by atoms with van der Waals surface area (Å²) >= 11 is 0. The molecule has 0 aromatic rings. The van der Waals surface area contributed by atoms with Gasteiger partial charge >= 0.3 is 18.9 Å². The van der Waals surface area contributed by atoms with Gasteiger partial charge < -0.3 is 16.7 Å². The summed E-state index contributed by atoms with van der Waals surface area (Å²) < 4.78 is 0. The first-order valence-electron chi connectivity index (χ1n) is 4.63. The molecule has 76 valence electrons. The smallest absolute Gasteiger partial charge is 0.343 e. The Morgan fingerprint density at radius 3 is 1.23 bits per heavy atom. The second-order valence-electron chi connectivity index (χ2n) is 3.46. The van der Waals surface area contributed by atoms with Gasteiger partial charge in [0.05, 0.1) is 0 Å². The molecule has 0 spiro atoms. The van der Waals surface area contributed by atoms with Gasteiger partial charge in [0.1, 0.15) is 0 Å². The molecule has 13 heavy (non-hydrogen) atoms. The van der Waals surface area contributed by atoms with Crippen LogP contribution in [-0.4, -0.2) is 51.1 Å². The Morgan fingerprint density at radius 1 is 0.923 bits per heavy atom. The second-order valence-corrected chi connectivity index (χ2v) is 3.46. The van der Waals surface area contributed by atoms with Crippen LogP contribution >= 0.6 is 0 Å². The van der Waals surface area contributed by atoms with E-state index in [1.807, 2.05) is 0 Å². The van der Waals surface area contributed by atoms with Crippen molar-refractivity contribution in [3.8, 4) is 0 Å². The van der Waals surface area contributed by atoms with Crippen LogP contribution in [0.1, 0.15) is 19.8 Å². The van der Waals surface area contributed by atoms with Crippen molar-refractivity contribution in [1.82, 2.24) is 9.80 Å². The van der Waals surface area contributed by atoms with Crippen molar-refractivity contribution in [3.05, 3.63) is 6.92 Å². The van der Waals surface area contributed by atoms with Crippen molar-refractivity contribution < 1.29 is 18.9 Å². The zero-order chi connectivity index (χ0) is 9.98. The van der Waals surface area contributed by atoms with Gasteiger partial charge in [-0.25, -0.2) is 0 Å². The molecule has 0 radical (unpaired) electrons. The van der Waals surface area contributed by atoms with Crippen LogP contribution in [0.2, 0.25) is 0 Å². The number of hydrogen-bond donors (Lipinski definition) is 0. The molecule has 0 atom stereocenters. The number of unbranched alkanes of at least 4 members (excludes halogenated alkanes) is 1. The van der Waals surface area contributed by atoms with E-state index in [0.717, 1.165) is 19.5 Å². The Kier molecular flexibility index (Phi) is 22.1. The van der Waals surface area contributed by atoms with Crippen LogP contribution in [0.4, 0.5) is 0 Å². The van der Waals surface area contributed by atoms with Crippen molar-refractivity contribution in [1.29, 1.82) is 0 Å². The molecule has 0 aromatic carbocycles. The van der Waals surface area contributed by atoms with Gasteiger partial charge in [0.25, 0.3) is 0 Å². The molecule has 0 saturated carbocycles. The molecule has 0 aromatic heterocycles. The molecular formula is C10H25LiN2. The van der Waals surface area contributed by atoms with Gasteiger partial charge in [-0.15, -0.1) is 0 Å². The Bertz CT molecular complexity index is 65.3. The number of likely N-dealkylation sites (N-methyl/N-ethyl adjacent to an activating group) is 2. The van der Waals surface area contributed by atoms with Gasteiger partial charge in [-0.05, 0) is 28.2 Å². The Labute approximate surface area is 96.8 Å². The number of rotatable bonds is 4. The third kappa shape index (κ3) is 32.6. The minimum Gasteiger partial charge on any atom is -0.343 e. The molecule has 0 bridgehead atoms. The zero-order valence-corrected chi connectivity index (χ0v) is 10.4. The Hall–Kier alpha value is 0.517. The molecule has 0 aliphatic rings. The molecular weight excluding hydrogens is 155 g/mol. The van der Waals surface area contributed by atoms with Crippen LogP contribution in [0.5, 0.6) is 0 Å². The maximum Gasteiger partial charge on any atom is 1.00 e. The van der Waals surface area contributed by atoms with E-state index in [2.05, 4.69) is 51.8 Å². The molecule has 0 amide bonds. The van der Waals surface area contributed by atoms with Gasteiger partial charge in [0, 0.05) is 13.1 Å².